The molecule has 7 nitrogen and oxygen atoms in total. The van der Waals surface area contributed by atoms with Gasteiger partial charge in [0.05, 0.1) is 11.1 Å². The summed E-state index contributed by atoms with van der Waals surface area (Å²) in [6, 6.07) is -0.985. The van der Waals surface area contributed by atoms with E-state index >= 15 is 0 Å². The van der Waals surface area contributed by atoms with Crippen LogP contribution in [-0.4, -0.2) is 65.4 Å². The van der Waals surface area contributed by atoms with Gasteiger partial charge in [-0.2, -0.15) is 26.3 Å². The van der Waals surface area contributed by atoms with Crippen molar-refractivity contribution >= 4 is 17.8 Å². The smallest absolute Gasteiger partial charge is 0.340 e. The van der Waals surface area contributed by atoms with Crippen molar-refractivity contribution in [3.8, 4) is 0 Å². The number of nitrogens with one attached hydrogen (secondary N) is 2. The van der Waals surface area contributed by atoms with Crippen molar-refractivity contribution in [2.24, 2.45) is 5.92 Å². The summed E-state index contributed by atoms with van der Waals surface area (Å²) in [6.45, 7) is 5.79. The highest BCUT2D eigenvalue weighted by molar-refractivity contribution is 5.98. The molecule has 224 valence electrons. The molecule has 4 amide bonds. The second-order valence-electron chi connectivity index (χ2n) is 10.7. The lowest BCUT2D eigenvalue weighted by Gasteiger charge is -2.42. The molecule has 2 fully saturated rings. The zero-order valence-electron chi connectivity index (χ0n) is 22.8. The molecular weight excluding hydrogens is 542 g/mol. The van der Waals surface area contributed by atoms with Gasteiger partial charge < -0.3 is 20.4 Å². The normalized spacial score (nSPS) is 20.6. The third kappa shape index (κ3) is 7.81. The number of carbonyl (C=O) groups excluding carboxylic acids is 3. The van der Waals surface area contributed by atoms with Gasteiger partial charge in [0.1, 0.15) is 6.04 Å². The van der Waals surface area contributed by atoms with Crippen molar-refractivity contribution in [3.63, 3.8) is 0 Å². The fraction of sp³-hybridized carbons (Fsp3) is 0.667. The van der Waals surface area contributed by atoms with Crippen LogP contribution in [0.1, 0.15) is 80.8 Å². The van der Waals surface area contributed by atoms with Gasteiger partial charge in [0.2, 0.25) is 5.91 Å². The van der Waals surface area contributed by atoms with Gasteiger partial charge in [-0.05, 0) is 43.9 Å². The molecule has 0 spiro atoms. The van der Waals surface area contributed by atoms with Crippen molar-refractivity contribution < 1.29 is 40.7 Å². The fourth-order valence-electron chi connectivity index (χ4n) is 5.15. The standard InChI is InChI=1S/C27H36F6N4O3/c1-4-16(2)22(35-23(38)18-12-19(26(28,29)30)14-20(13-18)27(31,32)33)24(39)36-10-11-37(17(3)15-36)25(40)34-21-8-6-5-7-9-21/h12-14,16-17,21-22H,4-11,15H2,1-3H3,(H,34,40)(H,35,38). The quantitative estimate of drug-likeness (QED) is 0.441. The molecule has 13 heteroatoms. The molecular formula is C27H36F6N4O3. The Balaban J connectivity index is 1.74. The maximum atomic E-state index is 13.5. The summed E-state index contributed by atoms with van der Waals surface area (Å²) >= 11 is 0. The number of alkyl halides is 6. The number of hydrogen-bond acceptors (Lipinski definition) is 3. The lowest BCUT2D eigenvalue weighted by Crippen LogP contribution is -2.61. The third-order valence-electron chi connectivity index (χ3n) is 7.75. The van der Waals surface area contributed by atoms with Gasteiger partial charge in [0.25, 0.3) is 5.91 Å². The van der Waals surface area contributed by atoms with Crippen LogP contribution in [0.2, 0.25) is 0 Å². The first kappa shape index (κ1) is 31.5. The van der Waals surface area contributed by atoms with Crippen molar-refractivity contribution in [1.29, 1.82) is 0 Å². The van der Waals surface area contributed by atoms with Gasteiger partial charge in [-0.3, -0.25) is 9.59 Å². The van der Waals surface area contributed by atoms with E-state index in [1.165, 1.54) is 4.90 Å². The van der Waals surface area contributed by atoms with Crippen LogP contribution in [0.25, 0.3) is 0 Å². The Morgan fingerprint density at radius 3 is 2.02 bits per heavy atom. The van der Waals surface area contributed by atoms with Crippen molar-refractivity contribution in [2.45, 2.75) is 89.8 Å². The molecule has 2 N–H and O–H groups in total. The molecule has 3 unspecified atom stereocenters. The van der Waals surface area contributed by atoms with Gasteiger partial charge in [-0.15, -0.1) is 0 Å². The lowest BCUT2D eigenvalue weighted by molar-refractivity contribution is -0.143. The highest BCUT2D eigenvalue weighted by atomic mass is 19.4. The number of nitrogens with zero attached hydrogens (tertiary/aromatic N) is 2. The third-order valence-corrected chi connectivity index (χ3v) is 7.75. The van der Waals surface area contributed by atoms with Crippen LogP contribution >= 0.6 is 0 Å². The summed E-state index contributed by atoms with van der Waals surface area (Å²) in [4.78, 5) is 42.4. The minimum Gasteiger partial charge on any atom is -0.340 e. The van der Waals surface area contributed by atoms with Crippen LogP contribution in [-0.2, 0) is 17.1 Å². The summed E-state index contributed by atoms with van der Waals surface area (Å²) in [7, 11) is 0. The van der Waals surface area contributed by atoms with Gasteiger partial charge in [-0.25, -0.2) is 4.79 Å². The lowest BCUT2D eigenvalue weighted by atomic mass is 9.95. The topological polar surface area (TPSA) is 81.8 Å². The fourth-order valence-corrected chi connectivity index (χ4v) is 5.15. The van der Waals surface area contributed by atoms with Crippen LogP contribution in [0.5, 0.6) is 0 Å². The van der Waals surface area contributed by atoms with Crippen molar-refractivity contribution in [3.05, 3.63) is 34.9 Å². The second-order valence-corrected chi connectivity index (χ2v) is 10.7. The summed E-state index contributed by atoms with van der Waals surface area (Å²) < 4.78 is 79.7. The highest BCUT2D eigenvalue weighted by Gasteiger charge is 2.39. The molecule has 3 rings (SSSR count). The van der Waals surface area contributed by atoms with Gasteiger partial charge in [0.15, 0.2) is 0 Å². The van der Waals surface area contributed by atoms with Crippen molar-refractivity contribution in [2.75, 3.05) is 19.6 Å². The van der Waals surface area contributed by atoms with Gasteiger partial charge in [0, 0.05) is 37.3 Å². The average molecular weight is 579 g/mol. The Labute approximate surface area is 229 Å². The highest BCUT2D eigenvalue weighted by Crippen LogP contribution is 2.36. The monoisotopic (exact) mass is 578 g/mol. The van der Waals surface area contributed by atoms with E-state index in [1.54, 1.807) is 25.7 Å². The van der Waals surface area contributed by atoms with Crippen LogP contribution in [0.15, 0.2) is 18.2 Å². The molecule has 3 atom stereocenters. The summed E-state index contributed by atoms with van der Waals surface area (Å²) in [5.41, 5.74) is -4.08. The first-order chi connectivity index (χ1) is 18.6. The van der Waals surface area contributed by atoms with E-state index < -0.39 is 52.8 Å². The van der Waals surface area contributed by atoms with E-state index in [0.29, 0.717) is 18.6 Å². The number of carbonyl (C=O) groups is 3. The zero-order chi connectivity index (χ0) is 29.8. The number of hydrogen-bond donors (Lipinski definition) is 2. The summed E-state index contributed by atoms with van der Waals surface area (Å²) in [5.74, 6) is -2.19. The summed E-state index contributed by atoms with van der Waals surface area (Å²) in [6.07, 6.45) is -4.70. The van der Waals surface area contributed by atoms with Gasteiger partial charge in [-0.1, -0.05) is 39.5 Å². The van der Waals surface area contributed by atoms with E-state index in [0.717, 1.165) is 32.1 Å². The van der Waals surface area contributed by atoms with Crippen LogP contribution in [0.3, 0.4) is 0 Å². The number of rotatable bonds is 6. The molecule has 0 aromatic heterocycles. The molecule has 0 radical (unpaired) electrons. The molecule has 40 heavy (non-hydrogen) atoms. The van der Waals surface area contributed by atoms with E-state index in [1.807, 2.05) is 0 Å². The Bertz CT molecular complexity index is 1040. The number of benzene rings is 1. The van der Waals surface area contributed by atoms with Crippen molar-refractivity contribution in [1.82, 2.24) is 20.4 Å². The molecule has 1 aliphatic heterocycles. The SMILES string of the molecule is CCC(C)C(NC(=O)c1cc(C(F)(F)F)cc(C(F)(F)F)c1)C(=O)N1CCN(C(=O)NC2CCCCC2)C(C)C1. The Hall–Kier alpha value is -2.99. The molecule has 1 saturated carbocycles. The predicted molar refractivity (Wildman–Crippen MR) is 135 cm³/mol. The predicted octanol–water partition coefficient (Wildman–Crippen LogP) is 5.44. The van der Waals surface area contributed by atoms with E-state index in [4.69, 9.17) is 0 Å². The zero-order valence-corrected chi connectivity index (χ0v) is 22.8. The molecule has 0 bridgehead atoms. The van der Waals surface area contributed by atoms with Gasteiger partial charge >= 0.3 is 18.4 Å². The number of piperazine rings is 1. The molecule has 2 aliphatic rings. The first-order valence-corrected chi connectivity index (χ1v) is 13.6. The molecule has 1 aliphatic carbocycles. The molecule has 1 saturated heterocycles. The maximum absolute atomic E-state index is 13.5. The molecule has 1 aromatic rings. The number of amides is 4. The Kier molecular flexibility index (Phi) is 9.99. The summed E-state index contributed by atoms with van der Waals surface area (Å²) in [5, 5.41) is 5.44. The Morgan fingerprint density at radius 2 is 1.52 bits per heavy atom. The second kappa shape index (κ2) is 12.7. The average Bonchev–Trinajstić information content (AvgIpc) is 2.89. The van der Waals surface area contributed by atoms with Crippen LogP contribution < -0.4 is 10.6 Å². The number of halogens is 6. The minimum absolute atomic E-state index is 0.0562. The largest absolute Gasteiger partial charge is 0.416 e. The Morgan fingerprint density at radius 1 is 0.950 bits per heavy atom. The molecule has 1 heterocycles. The minimum atomic E-state index is -5.11. The molecule has 1 aromatic carbocycles. The first-order valence-electron chi connectivity index (χ1n) is 13.6. The maximum Gasteiger partial charge on any atom is 0.416 e. The van der Waals surface area contributed by atoms with E-state index in [-0.39, 0.29) is 43.8 Å². The van der Waals surface area contributed by atoms with Crippen LogP contribution in [0, 0.1) is 5.92 Å². The van der Waals surface area contributed by atoms with E-state index in [9.17, 15) is 40.7 Å². The number of urea groups is 1. The van der Waals surface area contributed by atoms with Crippen LogP contribution in [0.4, 0.5) is 31.1 Å². The van der Waals surface area contributed by atoms with E-state index in [2.05, 4.69) is 10.6 Å².